The van der Waals surface area contributed by atoms with Crippen molar-refractivity contribution in [1.29, 1.82) is 0 Å². The Morgan fingerprint density at radius 1 is 1.44 bits per heavy atom. The van der Waals surface area contributed by atoms with Crippen molar-refractivity contribution >= 4 is 16.3 Å². The Balaban J connectivity index is 1.94. The summed E-state index contributed by atoms with van der Waals surface area (Å²) in [5, 5.41) is 5.66. The molecular formula is C13H22N4S. The lowest BCUT2D eigenvalue weighted by atomic mass is 10.0. The molecule has 1 atom stereocenters. The highest BCUT2D eigenvalue weighted by Gasteiger charge is 2.14. The van der Waals surface area contributed by atoms with Crippen LogP contribution in [0.15, 0.2) is 17.8 Å². The molecule has 2 rings (SSSR count). The first kappa shape index (κ1) is 13.5. The number of hydrogen-bond acceptors (Lipinski definition) is 4. The van der Waals surface area contributed by atoms with Gasteiger partial charge >= 0.3 is 0 Å². The molecule has 0 aromatic carbocycles. The van der Waals surface area contributed by atoms with E-state index < -0.39 is 0 Å². The van der Waals surface area contributed by atoms with Crippen LogP contribution in [0.25, 0.3) is 4.96 Å². The number of aromatic nitrogens is 2. The number of likely N-dealkylation sites (N-methyl/N-ethyl adjacent to an activating group) is 1. The molecule has 0 saturated carbocycles. The van der Waals surface area contributed by atoms with Crippen molar-refractivity contribution in [2.75, 3.05) is 20.6 Å². The monoisotopic (exact) mass is 266 g/mol. The van der Waals surface area contributed by atoms with Crippen molar-refractivity contribution in [2.45, 2.75) is 26.4 Å². The van der Waals surface area contributed by atoms with Crippen molar-refractivity contribution in [2.24, 2.45) is 5.92 Å². The van der Waals surface area contributed by atoms with Gasteiger partial charge in [0.25, 0.3) is 0 Å². The molecule has 2 heterocycles. The third kappa shape index (κ3) is 3.31. The molecule has 5 heteroatoms. The Morgan fingerprint density at radius 2 is 2.22 bits per heavy atom. The fraction of sp³-hybridized carbons (Fsp3) is 0.615. The minimum atomic E-state index is 0.500. The quantitative estimate of drug-likeness (QED) is 0.869. The van der Waals surface area contributed by atoms with Gasteiger partial charge in [-0.15, -0.1) is 11.3 Å². The van der Waals surface area contributed by atoms with Gasteiger partial charge in [0.15, 0.2) is 4.96 Å². The molecule has 100 valence electrons. The summed E-state index contributed by atoms with van der Waals surface area (Å²) in [6.07, 6.45) is 4.15. The van der Waals surface area contributed by atoms with E-state index >= 15 is 0 Å². The van der Waals surface area contributed by atoms with Crippen molar-refractivity contribution < 1.29 is 0 Å². The summed E-state index contributed by atoms with van der Waals surface area (Å²) < 4.78 is 2.08. The van der Waals surface area contributed by atoms with Crippen LogP contribution in [-0.4, -0.2) is 41.0 Å². The minimum Gasteiger partial charge on any atom is -0.308 e. The smallest absolute Gasteiger partial charge is 0.193 e. The zero-order chi connectivity index (χ0) is 13.1. The maximum absolute atomic E-state index is 4.59. The van der Waals surface area contributed by atoms with Gasteiger partial charge in [-0.25, -0.2) is 4.98 Å². The standard InChI is InChI=1S/C13H22N4S/c1-10(2)12(9-16(3)4)14-7-11-8-17-5-6-18-13(17)15-11/h5-6,8,10,12,14H,7,9H2,1-4H3. The average Bonchev–Trinajstić information content (AvgIpc) is 2.83. The number of fused-ring (bicyclic) bond motifs is 1. The van der Waals surface area contributed by atoms with E-state index in [4.69, 9.17) is 0 Å². The molecule has 0 bridgehead atoms. The first-order valence-corrected chi connectivity index (χ1v) is 7.23. The van der Waals surface area contributed by atoms with Gasteiger partial charge in [0.2, 0.25) is 0 Å². The summed E-state index contributed by atoms with van der Waals surface area (Å²) in [6.45, 7) is 6.41. The summed E-state index contributed by atoms with van der Waals surface area (Å²) >= 11 is 1.68. The van der Waals surface area contributed by atoms with Gasteiger partial charge in [0.05, 0.1) is 5.69 Å². The Morgan fingerprint density at radius 3 is 2.83 bits per heavy atom. The number of rotatable bonds is 6. The molecule has 0 saturated heterocycles. The van der Waals surface area contributed by atoms with E-state index in [1.54, 1.807) is 11.3 Å². The maximum atomic E-state index is 4.59. The van der Waals surface area contributed by atoms with Crippen LogP contribution in [0.1, 0.15) is 19.5 Å². The lowest BCUT2D eigenvalue weighted by Crippen LogP contribution is -2.41. The van der Waals surface area contributed by atoms with Crippen LogP contribution in [0.5, 0.6) is 0 Å². The zero-order valence-electron chi connectivity index (χ0n) is 11.6. The average molecular weight is 266 g/mol. The fourth-order valence-corrected chi connectivity index (χ4v) is 2.72. The molecule has 4 nitrogen and oxygen atoms in total. The molecule has 0 spiro atoms. The Kier molecular flexibility index (Phi) is 4.37. The molecule has 1 unspecified atom stereocenters. The van der Waals surface area contributed by atoms with Gasteiger partial charge in [-0.1, -0.05) is 13.8 Å². The minimum absolute atomic E-state index is 0.500. The Labute approximate surface area is 113 Å². The maximum Gasteiger partial charge on any atom is 0.193 e. The Bertz CT molecular complexity index is 457. The second kappa shape index (κ2) is 5.82. The topological polar surface area (TPSA) is 32.6 Å². The summed E-state index contributed by atoms with van der Waals surface area (Å²) in [5.41, 5.74) is 1.12. The predicted molar refractivity (Wildman–Crippen MR) is 77.1 cm³/mol. The third-order valence-corrected chi connectivity index (χ3v) is 3.83. The second-order valence-electron chi connectivity index (χ2n) is 5.32. The highest BCUT2D eigenvalue weighted by Crippen LogP contribution is 2.12. The normalized spacial score (nSPS) is 13.9. The van der Waals surface area contributed by atoms with Crippen LogP contribution in [0.3, 0.4) is 0 Å². The molecule has 1 N–H and O–H groups in total. The van der Waals surface area contributed by atoms with Crippen LogP contribution in [0, 0.1) is 5.92 Å². The summed E-state index contributed by atoms with van der Waals surface area (Å²) in [7, 11) is 4.23. The van der Waals surface area contributed by atoms with Gasteiger partial charge in [-0.3, -0.25) is 4.40 Å². The molecule has 0 aliphatic heterocycles. The van der Waals surface area contributed by atoms with E-state index in [9.17, 15) is 0 Å². The van der Waals surface area contributed by atoms with Crippen LogP contribution in [0.4, 0.5) is 0 Å². The van der Waals surface area contributed by atoms with Gasteiger partial charge in [0, 0.05) is 36.9 Å². The first-order valence-electron chi connectivity index (χ1n) is 6.35. The SMILES string of the molecule is CC(C)C(CN(C)C)NCc1cn2ccsc2n1. The summed E-state index contributed by atoms with van der Waals surface area (Å²) in [6, 6.07) is 0.500. The van der Waals surface area contributed by atoms with E-state index in [1.165, 1.54) is 0 Å². The first-order chi connectivity index (χ1) is 8.56. The van der Waals surface area contributed by atoms with Gasteiger partial charge in [-0.05, 0) is 20.0 Å². The van der Waals surface area contributed by atoms with Gasteiger partial charge < -0.3 is 10.2 Å². The molecule has 2 aromatic rings. The number of thiazole rings is 1. The molecule has 18 heavy (non-hydrogen) atoms. The largest absolute Gasteiger partial charge is 0.308 e. The summed E-state index contributed by atoms with van der Waals surface area (Å²) in [5.74, 6) is 0.621. The lowest BCUT2D eigenvalue weighted by Gasteiger charge is -2.25. The van der Waals surface area contributed by atoms with Crippen molar-refractivity contribution in [3.8, 4) is 0 Å². The molecule has 0 aliphatic rings. The highest BCUT2D eigenvalue weighted by atomic mass is 32.1. The third-order valence-electron chi connectivity index (χ3n) is 3.06. The van der Waals surface area contributed by atoms with Crippen molar-refractivity contribution in [1.82, 2.24) is 19.6 Å². The molecule has 0 radical (unpaired) electrons. The number of imidazole rings is 1. The highest BCUT2D eigenvalue weighted by molar-refractivity contribution is 7.15. The molecule has 0 fully saturated rings. The number of hydrogen-bond donors (Lipinski definition) is 1. The number of nitrogens with zero attached hydrogens (tertiary/aromatic N) is 3. The van der Waals surface area contributed by atoms with E-state index in [-0.39, 0.29) is 0 Å². The molecule has 2 aromatic heterocycles. The van der Waals surface area contributed by atoms with Crippen molar-refractivity contribution in [3.63, 3.8) is 0 Å². The van der Waals surface area contributed by atoms with Crippen molar-refractivity contribution in [3.05, 3.63) is 23.5 Å². The molecular weight excluding hydrogens is 244 g/mol. The fourth-order valence-electron chi connectivity index (χ4n) is 2.00. The van der Waals surface area contributed by atoms with E-state index in [2.05, 4.69) is 65.3 Å². The lowest BCUT2D eigenvalue weighted by molar-refractivity contribution is 0.287. The van der Waals surface area contributed by atoms with E-state index in [1.807, 2.05) is 0 Å². The van der Waals surface area contributed by atoms with E-state index in [0.29, 0.717) is 12.0 Å². The van der Waals surface area contributed by atoms with Gasteiger partial charge in [-0.2, -0.15) is 0 Å². The van der Waals surface area contributed by atoms with Crippen LogP contribution in [-0.2, 0) is 6.54 Å². The Hall–Kier alpha value is -0.910. The van der Waals surface area contributed by atoms with Crippen LogP contribution in [0.2, 0.25) is 0 Å². The molecule has 0 amide bonds. The summed E-state index contributed by atoms with van der Waals surface area (Å²) in [4.78, 5) is 7.88. The predicted octanol–water partition coefficient (Wildman–Crippen LogP) is 2.07. The van der Waals surface area contributed by atoms with Gasteiger partial charge in [0.1, 0.15) is 0 Å². The number of nitrogens with one attached hydrogen (secondary N) is 1. The second-order valence-corrected chi connectivity index (χ2v) is 6.19. The molecule has 0 aliphatic carbocycles. The van der Waals surface area contributed by atoms with E-state index in [0.717, 1.165) is 23.7 Å². The zero-order valence-corrected chi connectivity index (χ0v) is 12.4. The van der Waals surface area contributed by atoms with Crippen LogP contribution < -0.4 is 5.32 Å². The van der Waals surface area contributed by atoms with Crippen LogP contribution >= 0.6 is 11.3 Å².